The molecule has 1 rings (SSSR count). The van der Waals surface area contributed by atoms with Gasteiger partial charge >= 0.3 is 5.97 Å². The van der Waals surface area contributed by atoms with Crippen LogP contribution in [0.15, 0.2) is 6.20 Å². The molecule has 1 heterocycles. The third-order valence-electron chi connectivity index (χ3n) is 1.54. The Morgan fingerprint density at radius 1 is 1.73 bits per heavy atom. The van der Waals surface area contributed by atoms with E-state index in [-0.39, 0.29) is 18.3 Å². The Kier molecular flexibility index (Phi) is 3.34. The molecule has 1 atom stereocenters. The second-order valence-electron chi connectivity index (χ2n) is 2.95. The number of carbonyl (C=O) groups excluding carboxylic acids is 1. The number of rotatable bonds is 4. The highest BCUT2D eigenvalue weighted by molar-refractivity contribution is 5.87. The molecule has 0 spiro atoms. The molecular weight excluding hydrogens is 202 g/mol. The van der Waals surface area contributed by atoms with Crippen molar-refractivity contribution in [2.75, 3.05) is 5.32 Å². The van der Waals surface area contributed by atoms with Crippen molar-refractivity contribution in [2.24, 2.45) is 5.73 Å². The van der Waals surface area contributed by atoms with Crippen LogP contribution in [0.1, 0.15) is 6.92 Å². The maximum Gasteiger partial charge on any atom is 0.322 e. The normalized spacial score (nSPS) is 12.1. The van der Waals surface area contributed by atoms with Gasteiger partial charge < -0.3 is 16.2 Å². The third-order valence-corrected chi connectivity index (χ3v) is 1.54. The van der Waals surface area contributed by atoms with Crippen molar-refractivity contribution in [2.45, 2.75) is 19.5 Å². The van der Waals surface area contributed by atoms with Gasteiger partial charge in [-0.05, 0) is 0 Å². The number of carbonyl (C=O) groups is 2. The Labute approximate surface area is 85.1 Å². The molecule has 0 aliphatic carbocycles. The Morgan fingerprint density at radius 2 is 2.40 bits per heavy atom. The molecule has 4 N–H and O–H groups in total. The number of nitrogens with two attached hydrogens (primary N) is 1. The van der Waals surface area contributed by atoms with Crippen molar-refractivity contribution < 1.29 is 14.7 Å². The minimum absolute atomic E-state index is 0.00190. The lowest BCUT2D eigenvalue weighted by atomic mass is 10.3. The molecule has 0 saturated carbocycles. The van der Waals surface area contributed by atoms with Gasteiger partial charge in [0.1, 0.15) is 6.04 Å². The van der Waals surface area contributed by atoms with Crippen molar-refractivity contribution in [3.63, 3.8) is 0 Å². The highest BCUT2D eigenvalue weighted by Gasteiger charge is 2.13. The Hall–Kier alpha value is -1.96. The zero-order chi connectivity index (χ0) is 11.4. The van der Waals surface area contributed by atoms with E-state index < -0.39 is 12.0 Å². The van der Waals surface area contributed by atoms with Crippen LogP contribution in [0, 0.1) is 0 Å². The van der Waals surface area contributed by atoms with Crippen LogP contribution in [0.3, 0.4) is 0 Å². The van der Waals surface area contributed by atoms with E-state index in [1.165, 1.54) is 17.8 Å². The van der Waals surface area contributed by atoms with E-state index in [1.807, 2.05) is 0 Å². The molecule has 1 unspecified atom stereocenters. The summed E-state index contributed by atoms with van der Waals surface area (Å²) in [6, 6.07) is -1.04. The van der Waals surface area contributed by atoms with E-state index in [0.717, 1.165) is 0 Å². The highest BCUT2D eigenvalue weighted by atomic mass is 16.4. The first-order chi connectivity index (χ1) is 6.99. The van der Waals surface area contributed by atoms with Crippen molar-refractivity contribution in [3.05, 3.63) is 6.20 Å². The van der Waals surface area contributed by atoms with E-state index in [1.54, 1.807) is 0 Å². The fraction of sp³-hybridized carbons (Fsp3) is 0.429. The number of nitrogens with zero attached hydrogens (tertiary/aromatic N) is 3. The van der Waals surface area contributed by atoms with Gasteiger partial charge in [-0.1, -0.05) is 5.21 Å². The second-order valence-corrected chi connectivity index (χ2v) is 2.95. The fourth-order valence-electron chi connectivity index (χ4n) is 0.905. The summed E-state index contributed by atoms with van der Waals surface area (Å²) in [6.45, 7) is 1.34. The Morgan fingerprint density at radius 3 is 2.93 bits per heavy atom. The van der Waals surface area contributed by atoms with E-state index in [0.29, 0.717) is 0 Å². The third kappa shape index (κ3) is 3.35. The van der Waals surface area contributed by atoms with Gasteiger partial charge in [-0.25, -0.2) is 4.68 Å². The largest absolute Gasteiger partial charge is 0.480 e. The van der Waals surface area contributed by atoms with E-state index in [4.69, 9.17) is 10.8 Å². The molecule has 1 aromatic rings. The van der Waals surface area contributed by atoms with Crippen LogP contribution in [0.4, 0.5) is 5.82 Å². The number of aliphatic carboxylic acids is 1. The predicted molar refractivity (Wildman–Crippen MR) is 49.9 cm³/mol. The SMILES string of the molecule is CC(=O)Nc1cn(CC(N)C(=O)O)nn1. The van der Waals surface area contributed by atoms with Crippen LogP contribution < -0.4 is 11.1 Å². The lowest BCUT2D eigenvalue weighted by Gasteiger charge is -2.04. The quantitative estimate of drug-likeness (QED) is 0.568. The van der Waals surface area contributed by atoms with E-state index in [2.05, 4.69) is 15.6 Å². The lowest BCUT2D eigenvalue weighted by molar-refractivity contribution is -0.138. The average molecular weight is 213 g/mol. The van der Waals surface area contributed by atoms with Gasteiger partial charge in [0, 0.05) is 6.92 Å². The number of aromatic nitrogens is 3. The van der Waals surface area contributed by atoms with Crippen LogP contribution in [-0.2, 0) is 16.1 Å². The summed E-state index contributed by atoms with van der Waals surface area (Å²) in [5.74, 6) is -1.13. The second kappa shape index (κ2) is 4.51. The van der Waals surface area contributed by atoms with Gasteiger partial charge in [-0.15, -0.1) is 5.10 Å². The van der Waals surface area contributed by atoms with Crippen molar-refractivity contribution in [1.29, 1.82) is 0 Å². The van der Waals surface area contributed by atoms with Gasteiger partial charge in [0.2, 0.25) is 5.91 Å². The van der Waals surface area contributed by atoms with Gasteiger partial charge in [0.05, 0.1) is 12.7 Å². The Bertz CT molecular complexity index is 374. The molecule has 1 aromatic heterocycles. The molecule has 0 radical (unpaired) electrons. The molecule has 0 saturated heterocycles. The number of amides is 1. The first-order valence-electron chi connectivity index (χ1n) is 4.15. The van der Waals surface area contributed by atoms with Crippen molar-refractivity contribution in [1.82, 2.24) is 15.0 Å². The molecule has 0 aliphatic heterocycles. The molecule has 8 heteroatoms. The average Bonchev–Trinajstić information content (AvgIpc) is 2.51. The first-order valence-corrected chi connectivity index (χ1v) is 4.15. The molecule has 82 valence electrons. The smallest absolute Gasteiger partial charge is 0.322 e. The molecule has 15 heavy (non-hydrogen) atoms. The zero-order valence-corrected chi connectivity index (χ0v) is 8.04. The summed E-state index contributed by atoms with van der Waals surface area (Å²) in [5.41, 5.74) is 5.28. The summed E-state index contributed by atoms with van der Waals surface area (Å²) < 4.78 is 1.25. The first kappa shape index (κ1) is 11.1. The summed E-state index contributed by atoms with van der Waals surface area (Å²) in [6.07, 6.45) is 1.41. The number of hydrogen-bond donors (Lipinski definition) is 3. The number of carboxylic acids is 1. The molecule has 0 aromatic carbocycles. The zero-order valence-electron chi connectivity index (χ0n) is 8.04. The summed E-state index contributed by atoms with van der Waals surface area (Å²) in [5, 5.41) is 18.1. The van der Waals surface area contributed by atoms with Crippen LogP contribution in [0.25, 0.3) is 0 Å². The Balaban J connectivity index is 2.60. The molecule has 0 bridgehead atoms. The standard InChI is InChI=1S/C7H11N5O3/c1-4(13)9-6-3-12(11-10-6)2-5(8)7(14)15/h3,5H,2,8H2,1H3,(H,9,13)(H,14,15). The van der Waals surface area contributed by atoms with Crippen LogP contribution in [0.2, 0.25) is 0 Å². The number of carboxylic acid groups (broad SMARTS) is 1. The molecule has 8 nitrogen and oxygen atoms in total. The van der Waals surface area contributed by atoms with Crippen molar-refractivity contribution >= 4 is 17.7 Å². The number of nitrogens with one attached hydrogen (secondary N) is 1. The van der Waals surface area contributed by atoms with Gasteiger partial charge in [-0.3, -0.25) is 9.59 Å². The van der Waals surface area contributed by atoms with Gasteiger partial charge in [-0.2, -0.15) is 0 Å². The molecule has 0 aliphatic rings. The topological polar surface area (TPSA) is 123 Å². The van der Waals surface area contributed by atoms with Crippen LogP contribution in [0.5, 0.6) is 0 Å². The van der Waals surface area contributed by atoms with Crippen LogP contribution >= 0.6 is 0 Å². The molecule has 1 amide bonds. The number of anilines is 1. The highest BCUT2D eigenvalue weighted by Crippen LogP contribution is 2.00. The summed E-state index contributed by atoms with van der Waals surface area (Å²) in [4.78, 5) is 21.1. The maximum absolute atomic E-state index is 10.6. The summed E-state index contributed by atoms with van der Waals surface area (Å²) in [7, 11) is 0. The minimum atomic E-state index is -1.12. The molecule has 0 fully saturated rings. The van der Waals surface area contributed by atoms with E-state index in [9.17, 15) is 9.59 Å². The van der Waals surface area contributed by atoms with Gasteiger partial charge in [0.15, 0.2) is 5.82 Å². The van der Waals surface area contributed by atoms with E-state index >= 15 is 0 Å². The molecular formula is C7H11N5O3. The predicted octanol–water partition coefficient (Wildman–Crippen LogP) is -1.35. The fourth-order valence-corrected chi connectivity index (χ4v) is 0.905. The van der Waals surface area contributed by atoms with Gasteiger partial charge in [0.25, 0.3) is 0 Å². The maximum atomic E-state index is 10.6. The monoisotopic (exact) mass is 213 g/mol. The van der Waals surface area contributed by atoms with Crippen molar-refractivity contribution in [3.8, 4) is 0 Å². The number of hydrogen-bond acceptors (Lipinski definition) is 5. The summed E-state index contributed by atoms with van der Waals surface area (Å²) >= 11 is 0. The lowest BCUT2D eigenvalue weighted by Crippen LogP contribution is -2.34. The minimum Gasteiger partial charge on any atom is -0.480 e. The van der Waals surface area contributed by atoms with Crippen LogP contribution in [-0.4, -0.2) is 38.0 Å².